The first kappa shape index (κ1) is 23.6. The van der Waals surface area contributed by atoms with Crippen molar-refractivity contribution in [2.75, 3.05) is 11.9 Å². The van der Waals surface area contributed by atoms with Gasteiger partial charge in [-0.05, 0) is 55.5 Å². The predicted octanol–water partition coefficient (Wildman–Crippen LogP) is 4.00. The first-order chi connectivity index (χ1) is 17.4. The standard InChI is InChI=1S/C26H26FN7O2/c1-15(12-35)21-11-23-24(31-26(33(23)3)17-4-6-19(27)7-5-17)25(30-21)29-20-8-9-22(18(10-20)13-36)34-14-28-16(2)32-34/h4-11,14-15,35-36H,12-13H2,1-3H3,(H,29,30). The minimum Gasteiger partial charge on any atom is -0.396 e. The molecule has 9 nitrogen and oxygen atoms in total. The van der Waals surface area contributed by atoms with Gasteiger partial charge >= 0.3 is 0 Å². The summed E-state index contributed by atoms with van der Waals surface area (Å²) in [6.07, 6.45) is 1.60. The number of aliphatic hydroxyl groups excluding tert-OH is 2. The van der Waals surface area contributed by atoms with Gasteiger partial charge in [-0.3, -0.25) is 0 Å². The number of nitrogens with zero attached hydrogens (tertiary/aromatic N) is 6. The lowest BCUT2D eigenvalue weighted by atomic mass is 10.1. The summed E-state index contributed by atoms with van der Waals surface area (Å²) in [7, 11) is 1.89. The quantitative estimate of drug-likeness (QED) is 0.318. The van der Waals surface area contributed by atoms with Gasteiger partial charge in [0, 0.05) is 29.8 Å². The van der Waals surface area contributed by atoms with Gasteiger partial charge in [0.2, 0.25) is 0 Å². The molecule has 5 aromatic rings. The van der Waals surface area contributed by atoms with Crippen LogP contribution in [0.3, 0.4) is 0 Å². The number of rotatable bonds is 7. The van der Waals surface area contributed by atoms with Crippen molar-refractivity contribution in [2.24, 2.45) is 7.05 Å². The molecule has 3 heterocycles. The third-order valence-electron chi connectivity index (χ3n) is 6.14. The lowest BCUT2D eigenvalue weighted by molar-refractivity contribution is 0.271. The fourth-order valence-corrected chi connectivity index (χ4v) is 4.11. The largest absolute Gasteiger partial charge is 0.396 e. The zero-order chi connectivity index (χ0) is 25.4. The summed E-state index contributed by atoms with van der Waals surface area (Å²) in [5.74, 6) is 1.31. The van der Waals surface area contributed by atoms with Crippen molar-refractivity contribution in [1.82, 2.24) is 29.3 Å². The van der Waals surface area contributed by atoms with E-state index in [0.29, 0.717) is 39.9 Å². The molecular formula is C26H26FN7O2. The molecule has 3 N–H and O–H groups in total. The van der Waals surface area contributed by atoms with Gasteiger partial charge < -0.3 is 20.1 Å². The molecule has 0 aliphatic heterocycles. The highest BCUT2D eigenvalue weighted by molar-refractivity contribution is 5.91. The van der Waals surface area contributed by atoms with Crippen molar-refractivity contribution in [1.29, 1.82) is 0 Å². The molecule has 5 rings (SSSR count). The smallest absolute Gasteiger partial charge is 0.158 e. The highest BCUT2D eigenvalue weighted by Gasteiger charge is 2.19. The monoisotopic (exact) mass is 487 g/mol. The fourth-order valence-electron chi connectivity index (χ4n) is 4.11. The molecule has 1 unspecified atom stereocenters. The van der Waals surface area contributed by atoms with Gasteiger partial charge in [-0.25, -0.2) is 24.0 Å². The van der Waals surface area contributed by atoms with Crippen molar-refractivity contribution >= 4 is 22.5 Å². The molecule has 0 amide bonds. The number of fused-ring (bicyclic) bond motifs is 1. The number of aromatic nitrogens is 6. The van der Waals surface area contributed by atoms with E-state index in [0.717, 1.165) is 16.8 Å². The molecule has 2 aromatic carbocycles. The van der Waals surface area contributed by atoms with Crippen LogP contribution < -0.4 is 5.32 Å². The Labute approximate surface area is 206 Å². The second-order valence-corrected chi connectivity index (χ2v) is 8.71. The van der Waals surface area contributed by atoms with Gasteiger partial charge in [-0.2, -0.15) is 5.10 Å². The lowest BCUT2D eigenvalue weighted by Crippen LogP contribution is -2.06. The number of halogens is 1. The Morgan fingerprint density at radius 1 is 1.06 bits per heavy atom. The van der Waals surface area contributed by atoms with Crippen LogP contribution in [0.15, 0.2) is 54.9 Å². The molecule has 0 fully saturated rings. The third kappa shape index (κ3) is 4.32. The Bertz CT molecular complexity index is 1540. The summed E-state index contributed by atoms with van der Waals surface area (Å²) in [6, 6.07) is 13.6. The van der Waals surface area contributed by atoms with Crippen LogP contribution in [0.25, 0.3) is 28.1 Å². The molecule has 36 heavy (non-hydrogen) atoms. The van der Waals surface area contributed by atoms with Crippen LogP contribution in [0.2, 0.25) is 0 Å². The Morgan fingerprint density at radius 3 is 2.50 bits per heavy atom. The highest BCUT2D eigenvalue weighted by atomic mass is 19.1. The summed E-state index contributed by atoms with van der Waals surface area (Å²) in [5.41, 5.74) is 5.02. The Kier molecular flexibility index (Phi) is 6.21. The van der Waals surface area contributed by atoms with Crippen molar-refractivity contribution in [3.05, 3.63) is 77.8 Å². The van der Waals surface area contributed by atoms with E-state index in [1.165, 1.54) is 12.1 Å². The lowest BCUT2D eigenvalue weighted by Gasteiger charge is -2.14. The molecule has 0 radical (unpaired) electrons. The second-order valence-electron chi connectivity index (χ2n) is 8.71. The molecule has 3 aromatic heterocycles. The molecule has 184 valence electrons. The maximum atomic E-state index is 13.5. The molecule has 0 bridgehead atoms. The van der Waals surface area contributed by atoms with E-state index < -0.39 is 0 Å². The predicted molar refractivity (Wildman–Crippen MR) is 135 cm³/mol. The van der Waals surface area contributed by atoms with Crippen LogP contribution in [0, 0.1) is 12.7 Å². The van der Waals surface area contributed by atoms with Crippen LogP contribution in [0.5, 0.6) is 0 Å². The summed E-state index contributed by atoms with van der Waals surface area (Å²) >= 11 is 0. The molecule has 0 spiro atoms. The minimum atomic E-state index is -0.315. The molecule has 0 aliphatic rings. The van der Waals surface area contributed by atoms with E-state index in [1.807, 2.05) is 42.8 Å². The first-order valence-corrected chi connectivity index (χ1v) is 11.5. The summed E-state index contributed by atoms with van der Waals surface area (Å²) in [4.78, 5) is 13.8. The van der Waals surface area contributed by atoms with Crippen LogP contribution in [0.4, 0.5) is 15.9 Å². The third-order valence-corrected chi connectivity index (χ3v) is 6.14. The maximum absolute atomic E-state index is 13.5. The van der Waals surface area contributed by atoms with Gasteiger partial charge in [0.15, 0.2) is 5.82 Å². The topological polar surface area (TPSA) is 114 Å². The number of hydrogen-bond donors (Lipinski definition) is 3. The zero-order valence-electron chi connectivity index (χ0n) is 20.1. The van der Waals surface area contributed by atoms with E-state index in [2.05, 4.69) is 15.4 Å². The number of imidazole rings is 1. The number of nitrogens with one attached hydrogen (secondary N) is 1. The average Bonchev–Trinajstić information content (AvgIpc) is 3.47. The van der Waals surface area contributed by atoms with E-state index in [-0.39, 0.29) is 24.9 Å². The molecule has 10 heteroatoms. The number of aryl methyl sites for hydroxylation is 2. The number of anilines is 2. The van der Waals surface area contributed by atoms with Gasteiger partial charge in [-0.1, -0.05) is 6.92 Å². The zero-order valence-corrected chi connectivity index (χ0v) is 20.1. The summed E-state index contributed by atoms with van der Waals surface area (Å²) < 4.78 is 17.0. The summed E-state index contributed by atoms with van der Waals surface area (Å²) in [6.45, 7) is 3.46. The molecular weight excluding hydrogens is 461 g/mol. The van der Waals surface area contributed by atoms with E-state index in [4.69, 9.17) is 9.97 Å². The van der Waals surface area contributed by atoms with Gasteiger partial charge in [-0.15, -0.1) is 0 Å². The maximum Gasteiger partial charge on any atom is 0.158 e. The van der Waals surface area contributed by atoms with Crippen LogP contribution >= 0.6 is 0 Å². The Morgan fingerprint density at radius 2 is 1.83 bits per heavy atom. The van der Waals surface area contributed by atoms with Gasteiger partial charge in [0.25, 0.3) is 0 Å². The Hall–Kier alpha value is -4.15. The number of pyridine rings is 1. The number of benzene rings is 2. The normalized spacial score (nSPS) is 12.3. The van der Waals surface area contributed by atoms with Crippen molar-refractivity contribution < 1.29 is 14.6 Å². The fraction of sp³-hybridized carbons (Fsp3) is 0.231. The minimum absolute atomic E-state index is 0.0543. The number of hydrogen-bond acceptors (Lipinski definition) is 7. The summed E-state index contributed by atoms with van der Waals surface area (Å²) in [5, 5.41) is 27.5. The van der Waals surface area contributed by atoms with Gasteiger partial charge in [0.1, 0.15) is 29.3 Å². The molecule has 1 atom stereocenters. The SMILES string of the molecule is Cc1ncn(-c2ccc(Nc3nc(C(C)CO)cc4c3nc(-c3ccc(F)cc3)n4C)cc2CO)n1. The van der Waals surface area contributed by atoms with E-state index >= 15 is 0 Å². The first-order valence-electron chi connectivity index (χ1n) is 11.5. The van der Waals surface area contributed by atoms with Gasteiger partial charge in [0.05, 0.1) is 30.1 Å². The van der Waals surface area contributed by atoms with E-state index in [1.54, 1.807) is 30.1 Å². The second kappa shape index (κ2) is 9.48. The Balaban J connectivity index is 1.61. The van der Waals surface area contributed by atoms with Crippen molar-refractivity contribution in [3.8, 4) is 17.1 Å². The van der Waals surface area contributed by atoms with Crippen molar-refractivity contribution in [2.45, 2.75) is 26.4 Å². The van der Waals surface area contributed by atoms with E-state index in [9.17, 15) is 14.6 Å². The van der Waals surface area contributed by atoms with Crippen molar-refractivity contribution in [3.63, 3.8) is 0 Å². The molecule has 0 saturated carbocycles. The average molecular weight is 488 g/mol. The van der Waals surface area contributed by atoms with Crippen LogP contribution in [0.1, 0.15) is 29.9 Å². The molecule has 0 saturated heterocycles. The number of aliphatic hydroxyl groups is 2. The molecule has 0 aliphatic carbocycles. The van der Waals surface area contributed by atoms with Crippen LogP contribution in [-0.4, -0.2) is 46.1 Å². The highest BCUT2D eigenvalue weighted by Crippen LogP contribution is 2.32. The van der Waals surface area contributed by atoms with Crippen LogP contribution in [-0.2, 0) is 13.7 Å².